The zero-order valence-corrected chi connectivity index (χ0v) is 9.76. The van der Waals surface area contributed by atoms with Crippen LogP contribution in [0.4, 0.5) is 18.9 Å². The van der Waals surface area contributed by atoms with Crippen molar-refractivity contribution in [2.75, 3.05) is 0 Å². The highest BCUT2D eigenvalue weighted by atomic mass is 19.4. The van der Waals surface area contributed by atoms with Gasteiger partial charge < -0.3 is 9.84 Å². The lowest BCUT2D eigenvalue weighted by molar-refractivity contribution is -0.385. The van der Waals surface area contributed by atoms with Crippen LogP contribution in [0.1, 0.15) is 5.56 Å². The van der Waals surface area contributed by atoms with Crippen molar-refractivity contribution >= 4 is 11.7 Å². The third kappa shape index (κ3) is 2.51. The normalized spacial score (nSPS) is 21.8. The molecule has 0 bridgehead atoms. The summed E-state index contributed by atoms with van der Waals surface area (Å²) >= 11 is 0. The van der Waals surface area contributed by atoms with Gasteiger partial charge in [-0.15, -0.1) is 0 Å². The van der Waals surface area contributed by atoms with Crippen molar-refractivity contribution in [1.29, 1.82) is 0 Å². The Morgan fingerprint density at radius 2 is 2.10 bits per heavy atom. The molecule has 0 fully saturated rings. The van der Waals surface area contributed by atoms with E-state index in [0.717, 1.165) is 18.2 Å². The zero-order chi connectivity index (χ0) is 15.1. The molecular weight excluding hydrogens is 283 g/mol. The number of aliphatic carboxylic acids is 1. The summed E-state index contributed by atoms with van der Waals surface area (Å²) in [5, 5.41) is 19.5. The molecule has 0 radical (unpaired) electrons. The Kier molecular flexibility index (Phi) is 3.28. The SMILES string of the molecule is O=C(O)C1Cc2cc([N+](=O)[O-])ccc2OC1C(F)(F)F. The minimum atomic E-state index is -4.83. The van der Waals surface area contributed by atoms with E-state index < -0.39 is 35.5 Å². The highest BCUT2D eigenvalue weighted by Gasteiger charge is 2.52. The standard InChI is InChI=1S/C11H8F3NO5/c12-11(13,14)9-7(10(16)17)4-5-3-6(15(18)19)1-2-8(5)20-9/h1-3,7,9H,4H2,(H,16,17). The molecule has 2 atom stereocenters. The van der Waals surface area contributed by atoms with E-state index in [2.05, 4.69) is 4.74 Å². The molecule has 1 aromatic carbocycles. The second-order valence-electron chi connectivity index (χ2n) is 4.28. The lowest BCUT2D eigenvalue weighted by Crippen LogP contribution is -2.47. The smallest absolute Gasteiger partial charge is 0.426 e. The monoisotopic (exact) mass is 291 g/mol. The Labute approximate surface area is 109 Å². The third-order valence-corrected chi connectivity index (χ3v) is 2.95. The predicted octanol–water partition coefficient (Wildman–Crippen LogP) is 2.16. The van der Waals surface area contributed by atoms with Crippen LogP contribution < -0.4 is 4.74 Å². The van der Waals surface area contributed by atoms with E-state index in [4.69, 9.17) is 5.11 Å². The maximum atomic E-state index is 12.8. The molecule has 108 valence electrons. The van der Waals surface area contributed by atoms with Gasteiger partial charge in [-0.2, -0.15) is 13.2 Å². The fraction of sp³-hybridized carbons (Fsp3) is 0.364. The number of nitrogens with zero attached hydrogens (tertiary/aromatic N) is 1. The van der Waals surface area contributed by atoms with E-state index in [1.807, 2.05) is 0 Å². The summed E-state index contributed by atoms with van der Waals surface area (Å²) in [7, 11) is 0. The van der Waals surface area contributed by atoms with E-state index in [1.165, 1.54) is 0 Å². The van der Waals surface area contributed by atoms with Crippen LogP contribution in [0.3, 0.4) is 0 Å². The van der Waals surface area contributed by atoms with Gasteiger partial charge in [-0.25, -0.2) is 0 Å². The third-order valence-electron chi connectivity index (χ3n) is 2.95. The fourth-order valence-corrected chi connectivity index (χ4v) is 2.03. The van der Waals surface area contributed by atoms with Crippen LogP contribution in [0.25, 0.3) is 0 Å². The van der Waals surface area contributed by atoms with E-state index in [0.29, 0.717) is 0 Å². The van der Waals surface area contributed by atoms with E-state index in [9.17, 15) is 28.1 Å². The van der Waals surface area contributed by atoms with Gasteiger partial charge in [0.05, 0.1) is 4.92 Å². The Morgan fingerprint density at radius 3 is 2.60 bits per heavy atom. The summed E-state index contributed by atoms with van der Waals surface area (Å²) < 4.78 is 42.9. The molecule has 0 amide bonds. The summed E-state index contributed by atoms with van der Waals surface area (Å²) in [6.07, 6.45) is -7.77. The molecular formula is C11H8F3NO5. The zero-order valence-electron chi connectivity index (χ0n) is 9.76. The molecule has 2 rings (SSSR count). The molecule has 0 saturated heterocycles. The average Bonchev–Trinajstić information content (AvgIpc) is 2.35. The lowest BCUT2D eigenvalue weighted by Gasteiger charge is -2.32. The van der Waals surface area contributed by atoms with Gasteiger partial charge in [0.2, 0.25) is 6.10 Å². The molecule has 1 aromatic rings. The molecule has 6 nitrogen and oxygen atoms in total. The van der Waals surface area contributed by atoms with Crippen LogP contribution >= 0.6 is 0 Å². The number of non-ortho nitro benzene ring substituents is 1. The van der Waals surface area contributed by atoms with Crippen LogP contribution in [-0.2, 0) is 11.2 Å². The van der Waals surface area contributed by atoms with Crippen LogP contribution in [-0.4, -0.2) is 28.3 Å². The number of ether oxygens (including phenoxy) is 1. The molecule has 1 heterocycles. The van der Waals surface area contributed by atoms with Crippen molar-refractivity contribution in [3.05, 3.63) is 33.9 Å². The number of carboxylic acid groups (broad SMARTS) is 1. The molecule has 2 unspecified atom stereocenters. The van der Waals surface area contributed by atoms with Crippen molar-refractivity contribution < 1.29 is 32.7 Å². The second kappa shape index (κ2) is 4.66. The lowest BCUT2D eigenvalue weighted by atomic mass is 9.90. The highest BCUT2D eigenvalue weighted by Crippen LogP contribution is 2.39. The van der Waals surface area contributed by atoms with Crippen LogP contribution in [0.5, 0.6) is 5.75 Å². The van der Waals surface area contributed by atoms with Crippen LogP contribution in [0.2, 0.25) is 0 Å². The summed E-state index contributed by atoms with van der Waals surface area (Å²) in [6, 6.07) is 3.08. The Hall–Kier alpha value is -2.32. The predicted molar refractivity (Wildman–Crippen MR) is 58.4 cm³/mol. The van der Waals surface area contributed by atoms with E-state index in [1.54, 1.807) is 0 Å². The van der Waals surface area contributed by atoms with Gasteiger partial charge in [-0.3, -0.25) is 14.9 Å². The van der Waals surface area contributed by atoms with Gasteiger partial charge in [0.15, 0.2) is 0 Å². The van der Waals surface area contributed by atoms with Crippen molar-refractivity contribution in [1.82, 2.24) is 0 Å². The number of rotatable bonds is 2. The Morgan fingerprint density at radius 1 is 1.45 bits per heavy atom. The maximum absolute atomic E-state index is 12.8. The van der Waals surface area contributed by atoms with E-state index in [-0.39, 0.29) is 17.0 Å². The summed E-state index contributed by atoms with van der Waals surface area (Å²) in [6.45, 7) is 0. The van der Waals surface area contributed by atoms with Crippen molar-refractivity contribution in [2.45, 2.75) is 18.7 Å². The van der Waals surface area contributed by atoms with Crippen LogP contribution in [0, 0.1) is 16.0 Å². The largest absolute Gasteiger partial charge is 0.481 e. The fourth-order valence-electron chi connectivity index (χ4n) is 2.03. The minimum absolute atomic E-state index is 0.0760. The van der Waals surface area contributed by atoms with Gasteiger partial charge in [-0.1, -0.05) is 0 Å². The molecule has 0 saturated carbocycles. The number of carboxylic acids is 1. The highest BCUT2D eigenvalue weighted by molar-refractivity contribution is 5.72. The van der Waals surface area contributed by atoms with Gasteiger partial charge in [0.25, 0.3) is 5.69 Å². The Balaban J connectivity index is 2.42. The summed E-state index contributed by atoms with van der Waals surface area (Å²) in [5.74, 6) is -3.68. The minimum Gasteiger partial charge on any atom is -0.481 e. The quantitative estimate of drug-likeness (QED) is 0.666. The molecule has 1 aliphatic heterocycles. The molecule has 9 heteroatoms. The number of benzene rings is 1. The van der Waals surface area contributed by atoms with Crippen molar-refractivity contribution in [2.24, 2.45) is 5.92 Å². The number of hydrogen-bond donors (Lipinski definition) is 1. The number of nitro benzene ring substituents is 1. The van der Waals surface area contributed by atoms with Crippen LogP contribution in [0.15, 0.2) is 18.2 Å². The molecule has 1 N–H and O–H groups in total. The van der Waals surface area contributed by atoms with Crippen molar-refractivity contribution in [3.63, 3.8) is 0 Å². The van der Waals surface area contributed by atoms with Crippen molar-refractivity contribution in [3.8, 4) is 5.75 Å². The summed E-state index contributed by atoms with van der Waals surface area (Å²) in [5.41, 5.74) is -0.256. The summed E-state index contributed by atoms with van der Waals surface area (Å²) in [4.78, 5) is 20.8. The number of nitro groups is 1. The van der Waals surface area contributed by atoms with Gasteiger partial charge >= 0.3 is 12.1 Å². The number of fused-ring (bicyclic) bond motifs is 1. The molecule has 0 spiro atoms. The molecule has 1 aliphatic rings. The first-order valence-electron chi connectivity index (χ1n) is 5.43. The average molecular weight is 291 g/mol. The first-order valence-corrected chi connectivity index (χ1v) is 5.43. The Bertz CT molecular complexity index is 572. The topological polar surface area (TPSA) is 89.7 Å². The van der Waals surface area contributed by atoms with Gasteiger partial charge in [-0.05, 0) is 12.5 Å². The number of hydrogen-bond acceptors (Lipinski definition) is 4. The molecule has 0 aliphatic carbocycles. The number of alkyl halides is 3. The van der Waals surface area contributed by atoms with Gasteiger partial charge in [0, 0.05) is 17.7 Å². The number of carbonyl (C=O) groups is 1. The molecule has 0 aromatic heterocycles. The first kappa shape index (κ1) is 14.1. The number of halogens is 3. The van der Waals surface area contributed by atoms with E-state index >= 15 is 0 Å². The van der Waals surface area contributed by atoms with Gasteiger partial charge in [0.1, 0.15) is 11.7 Å². The molecule has 20 heavy (non-hydrogen) atoms. The second-order valence-corrected chi connectivity index (χ2v) is 4.28. The first-order chi connectivity index (χ1) is 9.20. The maximum Gasteiger partial charge on any atom is 0.426 e.